The summed E-state index contributed by atoms with van der Waals surface area (Å²) in [6.45, 7) is 4.36. The predicted molar refractivity (Wildman–Crippen MR) is 110 cm³/mol. The summed E-state index contributed by atoms with van der Waals surface area (Å²) in [6.07, 6.45) is 0. The molecular formula is C20H22Cl2FN3O2. The summed E-state index contributed by atoms with van der Waals surface area (Å²) in [5.41, 5.74) is 1.14. The molecule has 0 saturated heterocycles. The topological polar surface area (TPSA) is 61.4 Å². The molecule has 2 N–H and O–H groups in total. The number of carbonyl (C=O) groups excluding carboxylic acids is 2. The maximum atomic E-state index is 12.9. The monoisotopic (exact) mass is 425 g/mol. The number of nitrogens with one attached hydrogen (secondary N) is 2. The van der Waals surface area contributed by atoms with Crippen molar-refractivity contribution in [2.45, 2.75) is 26.4 Å². The summed E-state index contributed by atoms with van der Waals surface area (Å²) in [6, 6.07) is 10.3. The lowest BCUT2D eigenvalue weighted by Gasteiger charge is -2.26. The van der Waals surface area contributed by atoms with Crippen molar-refractivity contribution in [2.24, 2.45) is 0 Å². The Balaban J connectivity index is 1.92. The highest BCUT2D eigenvalue weighted by Crippen LogP contribution is 2.29. The summed E-state index contributed by atoms with van der Waals surface area (Å²) < 4.78 is 12.9. The van der Waals surface area contributed by atoms with Crippen molar-refractivity contribution < 1.29 is 14.0 Å². The van der Waals surface area contributed by atoms with E-state index in [4.69, 9.17) is 23.2 Å². The first-order valence-corrected chi connectivity index (χ1v) is 9.57. The van der Waals surface area contributed by atoms with Crippen LogP contribution < -0.4 is 10.6 Å². The highest BCUT2D eigenvalue weighted by Gasteiger charge is 2.22. The lowest BCUT2D eigenvalue weighted by atomic mass is 10.2. The van der Waals surface area contributed by atoms with E-state index in [-0.39, 0.29) is 30.7 Å². The molecule has 8 heteroatoms. The number of benzene rings is 2. The summed E-state index contributed by atoms with van der Waals surface area (Å²) in [5, 5.41) is 6.17. The van der Waals surface area contributed by atoms with Gasteiger partial charge in [0.2, 0.25) is 11.8 Å². The van der Waals surface area contributed by atoms with Crippen LogP contribution in [0, 0.1) is 5.82 Å². The third-order valence-corrected chi connectivity index (χ3v) is 4.92. The standard InChI is InChI=1S/C20H22Cl2FN3O2/c1-3-26(12-18(27)25-19-16(21)5-4-6-17(19)22)13(2)20(28)24-11-14-7-9-15(23)10-8-14/h4-10,13H,3,11-12H2,1-2H3,(H,24,28)(H,25,27). The van der Waals surface area contributed by atoms with Crippen LogP contribution in [-0.2, 0) is 16.1 Å². The Bertz CT molecular complexity index is 810. The van der Waals surface area contributed by atoms with E-state index in [0.717, 1.165) is 5.56 Å². The Morgan fingerprint density at radius 1 is 1.11 bits per heavy atom. The molecule has 2 aromatic carbocycles. The molecule has 0 spiro atoms. The van der Waals surface area contributed by atoms with Crippen molar-refractivity contribution >= 4 is 40.7 Å². The van der Waals surface area contributed by atoms with Crippen LogP contribution in [0.3, 0.4) is 0 Å². The smallest absolute Gasteiger partial charge is 0.238 e. The largest absolute Gasteiger partial charge is 0.351 e. The van der Waals surface area contributed by atoms with E-state index >= 15 is 0 Å². The number of nitrogens with zero attached hydrogens (tertiary/aromatic N) is 1. The molecule has 0 bridgehead atoms. The molecule has 1 atom stereocenters. The van der Waals surface area contributed by atoms with Crippen LogP contribution >= 0.6 is 23.2 Å². The zero-order valence-electron chi connectivity index (χ0n) is 15.6. The maximum absolute atomic E-state index is 12.9. The molecule has 2 rings (SSSR count). The van der Waals surface area contributed by atoms with E-state index in [9.17, 15) is 14.0 Å². The summed E-state index contributed by atoms with van der Waals surface area (Å²) >= 11 is 12.1. The number of hydrogen-bond donors (Lipinski definition) is 2. The number of anilines is 1. The van der Waals surface area contributed by atoms with Gasteiger partial charge >= 0.3 is 0 Å². The second-order valence-electron chi connectivity index (χ2n) is 6.23. The number of para-hydroxylation sites is 1. The first kappa shape index (κ1) is 22.1. The van der Waals surface area contributed by atoms with Crippen molar-refractivity contribution in [1.29, 1.82) is 0 Å². The molecule has 0 heterocycles. The number of likely N-dealkylation sites (N-methyl/N-ethyl adjacent to an activating group) is 1. The fourth-order valence-corrected chi connectivity index (χ4v) is 3.10. The number of carbonyl (C=O) groups is 2. The predicted octanol–water partition coefficient (Wildman–Crippen LogP) is 4.10. The van der Waals surface area contributed by atoms with Gasteiger partial charge in [0.05, 0.1) is 28.3 Å². The molecule has 0 aliphatic rings. The molecule has 28 heavy (non-hydrogen) atoms. The van der Waals surface area contributed by atoms with Gasteiger partial charge in [-0.15, -0.1) is 0 Å². The minimum absolute atomic E-state index is 0.00316. The number of hydrogen-bond acceptors (Lipinski definition) is 3. The van der Waals surface area contributed by atoms with Crippen molar-refractivity contribution in [3.63, 3.8) is 0 Å². The van der Waals surface area contributed by atoms with Crippen LogP contribution in [0.25, 0.3) is 0 Å². The molecule has 0 fully saturated rings. The lowest BCUT2D eigenvalue weighted by Crippen LogP contribution is -2.47. The van der Waals surface area contributed by atoms with Gasteiger partial charge in [-0.2, -0.15) is 0 Å². The lowest BCUT2D eigenvalue weighted by molar-refractivity contribution is -0.127. The molecular weight excluding hydrogens is 404 g/mol. The SMILES string of the molecule is CCN(CC(=O)Nc1c(Cl)cccc1Cl)C(C)C(=O)NCc1ccc(F)cc1. The number of rotatable bonds is 8. The van der Waals surface area contributed by atoms with E-state index in [1.54, 1.807) is 42.2 Å². The molecule has 0 aliphatic carbocycles. The van der Waals surface area contributed by atoms with Crippen molar-refractivity contribution in [1.82, 2.24) is 10.2 Å². The van der Waals surface area contributed by atoms with Crippen molar-refractivity contribution in [3.05, 3.63) is 63.9 Å². The van der Waals surface area contributed by atoms with Crippen molar-refractivity contribution in [2.75, 3.05) is 18.4 Å². The minimum atomic E-state index is -0.530. The van der Waals surface area contributed by atoms with Gasteiger partial charge in [0.1, 0.15) is 5.82 Å². The zero-order valence-corrected chi connectivity index (χ0v) is 17.1. The molecule has 5 nitrogen and oxygen atoms in total. The first-order chi connectivity index (χ1) is 13.3. The molecule has 2 amide bonds. The average Bonchev–Trinajstić information content (AvgIpc) is 2.68. The second-order valence-corrected chi connectivity index (χ2v) is 7.04. The molecule has 0 saturated carbocycles. The van der Waals surface area contributed by atoms with Crippen LogP contribution in [0.15, 0.2) is 42.5 Å². The summed E-state index contributed by atoms with van der Waals surface area (Å²) in [7, 11) is 0. The number of halogens is 3. The summed E-state index contributed by atoms with van der Waals surface area (Å²) in [4.78, 5) is 26.5. The summed E-state index contributed by atoms with van der Waals surface area (Å²) in [5.74, 6) is -0.880. The third-order valence-electron chi connectivity index (χ3n) is 4.29. The van der Waals surface area contributed by atoms with E-state index in [1.165, 1.54) is 12.1 Å². The minimum Gasteiger partial charge on any atom is -0.351 e. The normalized spacial score (nSPS) is 11.9. The Morgan fingerprint density at radius 3 is 2.29 bits per heavy atom. The molecule has 2 aromatic rings. The fraction of sp³-hybridized carbons (Fsp3) is 0.300. The van der Waals surface area contributed by atoms with Gasteiger partial charge in [-0.25, -0.2) is 4.39 Å². The highest BCUT2D eigenvalue weighted by atomic mass is 35.5. The third kappa shape index (κ3) is 6.19. The molecule has 0 radical (unpaired) electrons. The van der Waals surface area contributed by atoms with E-state index < -0.39 is 6.04 Å². The van der Waals surface area contributed by atoms with E-state index in [0.29, 0.717) is 22.3 Å². The zero-order chi connectivity index (χ0) is 20.7. The van der Waals surface area contributed by atoms with Gasteiger partial charge in [0.25, 0.3) is 0 Å². The van der Waals surface area contributed by atoms with Crippen LogP contribution in [-0.4, -0.2) is 35.8 Å². The van der Waals surface area contributed by atoms with Gasteiger partial charge in [0, 0.05) is 6.54 Å². The Kier molecular flexibility index (Phi) is 8.23. The van der Waals surface area contributed by atoms with Gasteiger partial charge in [0.15, 0.2) is 0 Å². The van der Waals surface area contributed by atoms with Gasteiger partial charge in [-0.05, 0) is 43.3 Å². The second kappa shape index (κ2) is 10.4. The Hall–Kier alpha value is -2.15. The number of amides is 2. The fourth-order valence-electron chi connectivity index (χ4n) is 2.61. The van der Waals surface area contributed by atoms with Crippen LogP contribution in [0.4, 0.5) is 10.1 Å². The van der Waals surface area contributed by atoms with Gasteiger partial charge < -0.3 is 10.6 Å². The first-order valence-electron chi connectivity index (χ1n) is 8.82. The van der Waals surface area contributed by atoms with E-state index in [1.807, 2.05) is 6.92 Å². The van der Waals surface area contributed by atoms with Crippen molar-refractivity contribution in [3.8, 4) is 0 Å². The van der Waals surface area contributed by atoms with Crippen LogP contribution in [0.5, 0.6) is 0 Å². The average molecular weight is 426 g/mol. The van der Waals surface area contributed by atoms with Crippen LogP contribution in [0.1, 0.15) is 19.4 Å². The molecule has 1 unspecified atom stereocenters. The quantitative estimate of drug-likeness (QED) is 0.668. The van der Waals surface area contributed by atoms with E-state index in [2.05, 4.69) is 10.6 Å². The molecule has 0 aromatic heterocycles. The van der Waals surface area contributed by atoms with Gasteiger partial charge in [-0.3, -0.25) is 14.5 Å². The van der Waals surface area contributed by atoms with Gasteiger partial charge in [-0.1, -0.05) is 48.3 Å². The van der Waals surface area contributed by atoms with Crippen LogP contribution in [0.2, 0.25) is 10.0 Å². The Morgan fingerprint density at radius 2 is 1.71 bits per heavy atom. The maximum Gasteiger partial charge on any atom is 0.238 e. The Labute approximate surface area is 173 Å². The highest BCUT2D eigenvalue weighted by molar-refractivity contribution is 6.39. The molecule has 150 valence electrons. The molecule has 0 aliphatic heterocycles.